The van der Waals surface area contributed by atoms with Crippen LogP contribution < -0.4 is 15.4 Å². The maximum atomic E-state index is 5.52. The summed E-state index contributed by atoms with van der Waals surface area (Å²) in [5.74, 6) is 2.70. The van der Waals surface area contributed by atoms with Gasteiger partial charge in [0, 0.05) is 42.7 Å². The van der Waals surface area contributed by atoms with E-state index in [0.29, 0.717) is 12.6 Å². The van der Waals surface area contributed by atoms with E-state index in [0.717, 1.165) is 54.2 Å². The van der Waals surface area contributed by atoms with Crippen molar-refractivity contribution in [2.45, 2.75) is 39.2 Å². The van der Waals surface area contributed by atoms with Crippen LogP contribution in [0.2, 0.25) is 0 Å². The van der Waals surface area contributed by atoms with Gasteiger partial charge in [0.05, 0.1) is 13.4 Å². The summed E-state index contributed by atoms with van der Waals surface area (Å²) in [7, 11) is 1.71. The molecule has 2 aromatic heterocycles. The Balaban J connectivity index is 1.61. The van der Waals surface area contributed by atoms with Gasteiger partial charge in [-0.1, -0.05) is 13.0 Å². The summed E-state index contributed by atoms with van der Waals surface area (Å²) < 4.78 is 10.9. The number of aliphatic imine (C=N–C) groups is 1. The first-order chi connectivity index (χ1) is 13.7. The molecule has 1 atom stereocenters. The average molecular weight is 383 g/mol. The molecule has 0 aliphatic carbocycles. The lowest BCUT2D eigenvalue weighted by Crippen LogP contribution is -2.43. The van der Waals surface area contributed by atoms with E-state index in [-0.39, 0.29) is 0 Å². The minimum atomic E-state index is 0.364. The summed E-state index contributed by atoms with van der Waals surface area (Å²) in [6, 6.07) is 10.3. The number of hydrogen-bond donors (Lipinski definition) is 3. The summed E-state index contributed by atoms with van der Waals surface area (Å²) >= 11 is 0. The van der Waals surface area contributed by atoms with E-state index in [1.165, 1.54) is 5.56 Å². The van der Waals surface area contributed by atoms with Crippen molar-refractivity contribution in [1.29, 1.82) is 0 Å². The van der Waals surface area contributed by atoms with Gasteiger partial charge < -0.3 is 24.8 Å². The number of H-pyrrole nitrogens is 1. The quantitative estimate of drug-likeness (QED) is 0.388. The minimum Gasteiger partial charge on any atom is -0.496 e. The van der Waals surface area contributed by atoms with Crippen molar-refractivity contribution in [3.8, 4) is 5.75 Å². The van der Waals surface area contributed by atoms with Crippen LogP contribution in [0.25, 0.3) is 10.9 Å². The van der Waals surface area contributed by atoms with Crippen molar-refractivity contribution in [3.63, 3.8) is 0 Å². The van der Waals surface area contributed by atoms with Gasteiger partial charge in [0.25, 0.3) is 0 Å². The summed E-state index contributed by atoms with van der Waals surface area (Å²) in [4.78, 5) is 8.03. The number of aromatic amines is 1. The number of hydrogen-bond acceptors (Lipinski definition) is 3. The molecule has 0 aliphatic heterocycles. The third-order valence-electron chi connectivity index (χ3n) is 4.86. The number of benzene rings is 1. The highest BCUT2D eigenvalue weighted by atomic mass is 16.5. The van der Waals surface area contributed by atoms with Crippen molar-refractivity contribution in [2.75, 3.05) is 20.2 Å². The van der Waals surface area contributed by atoms with Crippen LogP contribution >= 0.6 is 0 Å². The van der Waals surface area contributed by atoms with Crippen molar-refractivity contribution < 1.29 is 9.15 Å². The Morgan fingerprint density at radius 2 is 2.14 bits per heavy atom. The molecule has 3 rings (SSSR count). The summed E-state index contributed by atoms with van der Waals surface area (Å²) in [5, 5.41) is 8.07. The Morgan fingerprint density at radius 1 is 1.25 bits per heavy atom. The molecule has 0 amide bonds. The fraction of sp³-hybridized carbons (Fsp3) is 0.409. The van der Waals surface area contributed by atoms with E-state index in [9.17, 15) is 0 Å². The molecular weight excluding hydrogens is 352 g/mol. The zero-order chi connectivity index (χ0) is 19.8. The summed E-state index contributed by atoms with van der Waals surface area (Å²) in [6.45, 7) is 5.79. The second-order valence-corrected chi connectivity index (χ2v) is 6.89. The van der Waals surface area contributed by atoms with Gasteiger partial charge in [-0.05, 0) is 49.6 Å². The monoisotopic (exact) mass is 382 g/mol. The number of rotatable bonds is 9. The van der Waals surface area contributed by atoms with Crippen LogP contribution in [0.1, 0.15) is 31.6 Å². The van der Waals surface area contributed by atoms with Crippen molar-refractivity contribution in [2.24, 2.45) is 4.99 Å². The van der Waals surface area contributed by atoms with E-state index in [4.69, 9.17) is 14.1 Å². The lowest BCUT2D eigenvalue weighted by atomic mass is 10.1. The predicted molar refractivity (Wildman–Crippen MR) is 114 cm³/mol. The van der Waals surface area contributed by atoms with Crippen LogP contribution in [0.15, 0.2) is 52.2 Å². The van der Waals surface area contributed by atoms with Crippen LogP contribution in [0.4, 0.5) is 0 Å². The number of nitrogens with zero attached hydrogens (tertiary/aromatic N) is 1. The molecule has 0 saturated heterocycles. The molecule has 150 valence electrons. The van der Waals surface area contributed by atoms with Crippen molar-refractivity contribution in [3.05, 3.63) is 54.1 Å². The van der Waals surface area contributed by atoms with Crippen LogP contribution in [0.3, 0.4) is 0 Å². The number of ether oxygens (including phenoxy) is 1. The third-order valence-corrected chi connectivity index (χ3v) is 4.86. The molecule has 0 aliphatic rings. The van der Waals surface area contributed by atoms with E-state index in [2.05, 4.69) is 41.7 Å². The number of fused-ring (bicyclic) bond motifs is 1. The lowest BCUT2D eigenvalue weighted by Gasteiger charge is -2.17. The van der Waals surface area contributed by atoms with E-state index < -0.39 is 0 Å². The highest BCUT2D eigenvalue weighted by Crippen LogP contribution is 2.28. The first-order valence-corrected chi connectivity index (χ1v) is 9.91. The van der Waals surface area contributed by atoms with Crippen LogP contribution in [0.5, 0.6) is 5.75 Å². The average Bonchev–Trinajstić information content (AvgIpc) is 3.37. The van der Waals surface area contributed by atoms with E-state index in [1.54, 1.807) is 13.4 Å². The molecule has 1 unspecified atom stereocenters. The Labute approximate surface area is 166 Å². The second kappa shape index (κ2) is 9.88. The first-order valence-electron chi connectivity index (χ1n) is 9.91. The van der Waals surface area contributed by atoms with Gasteiger partial charge in [0.2, 0.25) is 0 Å². The number of nitrogens with one attached hydrogen (secondary N) is 3. The SMILES string of the molecule is CCC(C)NC(=NCCc1ccco1)NCCc1c[nH]c2cccc(OC)c12. The van der Waals surface area contributed by atoms with Gasteiger partial charge >= 0.3 is 0 Å². The highest BCUT2D eigenvalue weighted by Gasteiger charge is 2.10. The first kappa shape index (κ1) is 19.9. The molecule has 3 N–H and O–H groups in total. The molecule has 2 heterocycles. The van der Waals surface area contributed by atoms with Gasteiger partial charge in [-0.2, -0.15) is 0 Å². The van der Waals surface area contributed by atoms with Crippen LogP contribution in [-0.4, -0.2) is 37.2 Å². The molecule has 28 heavy (non-hydrogen) atoms. The number of furan rings is 1. The highest BCUT2D eigenvalue weighted by molar-refractivity contribution is 5.89. The maximum absolute atomic E-state index is 5.52. The van der Waals surface area contributed by atoms with Gasteiger partial charge in [-0.15, -0.1) is 0 Å². The third kappa shape index (κ3) is 5.09. The maximum Gasteiger partial charge on any atom is 0.191 e. The molecule has 0 radical (unpaired) electrons. The number of guanidine groups is 1. The largest absolute Gasteiger partial charge is 0.496 e. The molecule has 6 heteroatoms. The van der Waals surface area contributed by atoms with Crippen molar-refractivity contribution >= 4 is 16.9 Å². The van der Waals surface area contributed by atoms with E-state index in [1.807, 2.05) is 24.3 Å². The minimum absolute atomic E-state index is 0.364. The normalized spacial score (nSPS) is 12.9. The number of methoxy groups -OCH3 is 1. The molecule has 6 nitrogen and oxygen atoms in total. The smallest absolute Gasteiger partial charge is 0.191 e. The second-order valence-electron chi connectivity index (χ2n) is 6.89. The van der Waals surface area contributed by atoms with Gasteiger partial charge in [-0.3, -0.25) is 4.99 Å². The van der Waals surface area contributed by atoms with Crippen LogP contribution in [-0.2, 0) is 12.8 Å². The zero-order valence-electron chi connectivity index (χ0n) is 16.9. The molecule has 0 fully saturated rings. The van der Waals surface area contributed by atoms with Gasteiger partial charge in [-0.25, -0.2) is 0 Å². The molecule has 0 spiro atoms. The predicted octanol–water partition coefficient (Wildman–Crippen LogP) is 3.89. The van der Waals surface area contributed by atoms with Gasteiger partial charge in [0.15, 0.2) is 5.96 Å². The number of aromatic nitrogens is 1. The Morgan fingerprint density at radius 3 is 2.89 bits per heavy atom. The molecule has 0 saturated carbocycles. The Bertz CT molecular complexity index is 883. The Hall–Kier alpha value is -2.89. The Kier molecular flexibility index (Phi) is 7.00. The molecular formula is C22H30N4O2. The van der Waals surface area contributed by atoms with Crippen LogP contribution in [0, 0.1) is 0 Å². The topological polar surface area (TPSA) is 74.6 Å². The molecule has 1 aromatic carbocycles. The molecule has 0 bridgehead atoms. The van der Waals surface area contributed by atoms with E-state index >= 15 is 0 Å². The van der Waals surface area contributed by atoms with Gasteiger partial charge in [0.1, 0.15) is 11.5 Å². The fourth-order valence-electron chi connectivity index (χ4n) is 3.12. The summed E-state index contributed by atoms with van der Waals surface area (Å²) in [5.41, 5.74) is 2.33. The lowest BCUT2D eigenvalue weighted by molar-refractivity contribution is 0.419. The molecule has 3 aromatic rings. The summed E-state index contributed by atoms with van der Waals surface area (Å²) in [6.07, 6.45) is 6.47. The standard InChI is InChI=1S/C22H30N4O2/c1-4-16(2)26-22(24-13-11-18-7-6-14-28-18)23-12-10-17-15-25-19-8-5-9-20(27-3)21(17)19/h5-9,14-16,25H,4,10-13H2,1-3H3,(H2,23,24,26). The van der Waals surface area contributed by atoms with Crippen molar-refractivity contribution in [1.82, 2.24) is 15.6 Å². The zero-order valence-corrected chi connectivity index (χ0v) is 16.9. The fourth-order valence-corrected chi connectivity index (χ4v) is 3.12.